The number of carbonyl (C=O) groups is 2. The molecule has 0 radical (unpaired) electrons. The standard InChI is InChI=1S/C18H19FN4O3/c1-21-8-6-20-16(21)17(25)22-7-5-18(11-22)12-23(15(24)10-26-18)14-4-2-3-13(19)9-14/h2-4,6,8-9H,5,7,10-12H2,1H3. The zero-order valence-electron chi connectivity index (χ0n) is 14.4. The first-order chi connectivity index (χ1) is 12.5. The number of carbonyl (C=O) groups excluding carboxylic acids is 2. The predicted molar refractivity (Wildman–Crippen MR) is 91.2 cm³/mol. The highest BCUT2D eigenvalue weighted by atomic mass is 19.1. The van der Waals surface area contributed by atoms with E-state index < -0.39 is 11.4 Å². The minimum atomic E-state index is -0.638. The average Bonchev–Trinajstić information content (AvgIpc) is 3.24. The molecule has 2 saturated heterocycles. The molecular formula is C18H19FN4O3. The van der Waals surface area contributed by atoms with Crippen LogP contribution in [0.15, 0.2) is 36.7 Å². The van der Waals surface area contributed by atoms with E-state index in [1.165, 1.54) is 12.1 Å². The lowest BCUT2D eigenvalue weighted by Crippen LogP contribution is -2.56. The van der Waals surface area contributed by atoms with E-state index in [-0.39, 0.29) is 18.4 Å². The van der Waals surface area contributed by atoms with Gasteiger partial charge >= 0.3 is 0 Å². The number of hydrogen-bond acceptors (Lipinski definition) is 4. The predicted octanol–water partition coefficient (Wildman–Crippen LogP) is 1.21. The molecule has 1 unspecified atom stereocenters. The van der Waals surface area contributed by atoms with Gasteiger partial charge in [-0.3, -0.25) is 9.59 Å². The molecule has 1 aromatic carbocycles. The molecule has 2 fully saturated rings. The van der Waals surface area contributed by atoms with Gasteiger partial charge in [0.25, 0.3) is 11.8 Å². The van der Waals surface area contributed by atoms with E-state index in [9.17, 15) is 14.0 Å². The first-order valence-electron chi connectivity index (χ1n) is 8.44. The number of benzene rings is 1. The van der Waals surface area contributed by atoms with Crippen LogP contribution in [0, 0.1) is 5.82 Å². The molecular weight excluding hydrogens is 339 g/mol. The van der Waals surface area contributed by atoms with Crippen molar-refractivity contribution in [1.29, 1.82) is 0 Å². The van der Waals surface area contributed by atoms with Crippen LogP contribution in [0.25, 0.3) is 0 Å². The van der Waals surface area contributed by atoms with Crippen molar-refractivity contribution < 1.29 is 18.7 Å². The van der Waals surface area contributed by atoms with E-state index in [2.05, 4.69) is 4.98 Å². The van der Waals surface area contributed by atoms with E-state index >= 15 is 0 Å². The van der Waals surface area contributed by atoms with E-state index in [1.807, 2.05) is 0 Å². The number of imidazole rings is 1. The average molecular weight is 358 g/mol. The molecule has 7 nitrogen and oxygen atoms in total. The van der Waals surface area contributed by atoms with Gasteiger partial charge in [0.05, 0.1) is 13.1 Å². The highest BCUT2D eigenvalue weighted by molar-refractivity contribution is 5.95. The largest absolute Gasteiger partial charge is 0.361 e. The number of hydrogen-bond donors (Lipinski definition) is 0. The Morgan fingerprint density at radius 3 is 2.92 bits per heavy atom. The lowest BCUT2D eigenvalue weighted by molar-refractivity contribution is -0.137. The summed E-state index contributed by atoms with van der Waals surface area (Å²) in [6.07, 6.45) is 3.92. The van der Waals surface area contributed by atoms with Crippen molar-refractivity contribution >= 4 is 17.5 Å². The van der Waals surface area contributed by atoms with Gasteiger partial charge in [0.2, 0.25) is 0 Å². The second kappa shape index (κ2) is 6.21. The van der Waals surface area contributed by atoms with E-state index in [0.717, 1.165) is 0 Å². The molecule has 1 spiro atoms. The molecule has 8 heteroatoms. The fourth-order valence-corrected chi connectivity index (χ4v) is 3.57. The van der Waals surface area contributed by atoms with Crippen LogP contribution in [0.2, 0.25) is 0 Å². The Morgan fingerprint density at radius 2 is 2.19 bits per heavy atom. The van der Waals surface area contributed by atoms with Crippen molar-refractivity contribution in [2.45, 2.75) is 12.0 Å². The van der Waals surface area contributed by atoms with Crippen molar-refractivity contribution in [2.24, 2.45) is 7.05 Å². The van der Waals surface area contributed by atoms with Gasteiger partial charge in [0.1, 0.15) is 18.0 Å². The lowest BCUT2D eigenvalue weighted by atomic mass is 10.00. The quantitative estimate of drug-likeness (QED) is 0.809. The number of ether oxygens (including phenoxy) is 1. The first kappa shape index (κ1) is 16.7. The third kappa shape index (κ3) is 2.86. The molecule has 0 N–H and O–H groups in total. The Kier molecular flexibility index (Phi) is 3.99. The SMILES string of the molecule is Cn1ccnc1C(=O)N1CCC2(C1)CN(c1cccc(F)c1)C(=O)CO2. The molecule has 2 aromatic rings. The molecule has 1 atom stereocenters. The Morgan fingerprint density at radius 1 is 1.35 bits per heavy atom. The van der Waals surface area contributed by atoms with Crippen molar-refractivity contribution in [3.8, 4) is 0 Å². The summed E-state index contributed by atoms with van der Waals surface area (Å²) in [6.45, 7) is 1.11. The number of aryl methyl sites for hydroxylation is 1. The van der Waals surface area contributed by atoms with Crippen molar-refractivity contribution in [3.05, 3.63) is 48.3 Å². The number of likely N-dealkylation sites (tertiary alicyclic amines) is 1. The summed E-state index contributed by atoms with van der Waals surface area (Å²) in [6, 6.07) is 5.95. The van der Waals surface area contributed by atoms with Crippen LogP contribution in [0.5, 0.6) is 0 Å². The highest BCUT2D eigenvalue weighted by Crippen LogP contribution is 2.32. The second-order valence-electron chi connectivity index (χ2n) is 6.77. The zero-order chi connectivity index (χ0) is 18.3. The van der Waals surface area contributed by atoms with Gasteiger partial charge in [-0.15, -0.1) is 0 Å². The van der Waals surface area contributed by atoms with Gasteiger partial charge in [-0.25, -0.2) is 9.37 Å². The fourth-order valence-electron chi connectivity index (χ4n) is 3.57. The molecule has 4 rings (SSSR count). The Hall–Kier alpha value is -2.74. The number of halogens is 1. The summed E-state index contributed by atoms with van der Waals surface area (Å²) in [5, 5.41) is 0. The zero-order valence-corrected chi connectivity index (χ0v) is 14.4. The molecule has 0 saturated carbocycles. The topological polar surface area (TPSA) is 67.7 Å². The minimum Gasteiger partial charge on any atom is -0.361 e. The Bertz CT molecular complexity index is 868. The fraction of sp³-hybridized carbons (Fsp3) is 0.389. The van der Waals surface area contributed by atoms with Gasteiger partial charge in [-0.05, 0) is 24.6 Å². The Balaban J connectivity index is 1.53. The second-order valence-corrected chi connectivity index (χ2v) is 6.77. The van der Waals surface area contributed by atoms with E-state index in [0.29, 0.717) is 37.6 Å². The molecule has 2 aliphatic heterocycles. The van der Waals surface area contributed by atoms with Crippen LogP contribution in [0.1, 0.15) is 17.0 Å². The number of rotatable bonds is 2. The van der Waals surface area contributed by atoms with Gasteiger partial charge in [-0.1, -0.05) is 6.07 Å². The number of aromatic nitrogens is 2. The maximum absolute atomic E-state index is 13.5. The normalized spacial score (nSPS) is 23.1. The summed E-state index contributed by atoms with van der Waals surface area (Å²) in [5.41, 5.74) is -0.132. The molecule has 0 bridgehead atoms. The van der Waals surface area contributed by atoms with Crippen molar-refractivity contribution in [1.82, 2.24) is 14.5 Å². The number of morpholine rings is 1. The van der Waals surface area contributed by atoms with Gasteiger partial charge < -0.3 is 19.1 Å². The minimum absolute atomic E-state index is 0.0824. The molecule has 2 amide bonds. The molecule has 1 aromatic heterocycles. The maximum atomic E-state index is 13.5. The highest BCUT2D eigenvalue weighted by Gasteiger charge is 2.47. The summed E-state index contributed by atoms with van der Waals surface area (Å²) in [5.74, 6) is -0.396. The molecule has 0 aliphatic carbocycles. The van der Waals surface area contributed by atoms with Crippen molar-refractivity contribution in [3.63, 3.8) is 0 Å². The lowest BCUT2D eigenvalue weighted by Gasteiger charge is -2.40. The van der Waals surface area contributed by atoms with Crippen molar-refractivity contribution in [2.75, 3.05) is 31.1 Å². The molecule has 26 heavy (non-hydrogen) atoms. The third-order valence-corrected chi connectivity index (χ3v) is 4.99. The molecule has 2 aliphatic rings. The summed E-state index contributed by atoms with van der Waals surface area (Å²) in [7, 11) is 1.77. The summed E-state index contributed by atoms with van der Waals surface area (Å²) >= 11 is 0. The van der Waals surface area contributed by atoms with Crippen LogP contribution in [-0.4, -0.2) is 58.1 Å². The third-order valence-electron chi connectivity index (χ3n) is 4.99. The summed E-state index contributed by atoms with van der Waals surface area (Å²) in [4.78, 5) is 32.3. The smallest absolute Gasteiger partial charge is 0.289 e. The maximum Gasteiger partial charge on any atom is 0.289 e. The monoisotopic (exact) mass is 358 g/mol. The number of nitrogens with zero attached hydrogens (tertiary/aromatic N) is 4. The van der Waals surface area contributed by atoms with Crippen LogP contribution < -0.4 is 4.90 Å². The van der Waals surface area contributed by atoms with Gasteiger partial charge in [0, 0.05) is 31.7 Å². The first-order valence-corrected chi connectivity index (χ1v) is 8.44. The van der Waals surface area contributed by atoms with Gasteiger partial charge in [0.15, 0.2) is 5.82 Å². The molecule has 136 valence electrons. The van der Waals surface area contributed by atoms with E-state index in [4.69, 9.17) is 4.74 Å². The van der Waals surface area contributed by atoms with Crippen LogP contribution in [-0.2, 0) is 16.6 Å². The Labute approximate surface area is 150 Å². The van der Waals surface area contributed by atoms with E-state index in [1.54, 1.807) is 45.9 Å². The van der Waals surface area contributed by atoms with Crippen LogP contribution in [0.3, 0.4) is 0 Å². The number of amides is 2. The van der Waals surface area contributed by atoms with Crippen LogP contribution in [0.4, 0.5) is 10.1 Å². The summed E-state index contributed by atoms with van der Waals surface area (Å²) < 4.78 is 21.1. The molecule has 3 heterocycles. The van der Waals surface area contributed by atoms with Crippen LogP contribution >= 0.6 is 0 Å². The number of anilines is 1. The van der Waals surface area contributed by atoms with Gasteiger partial charge in [-0.2, -0.15) is 0 Å².